The van der Waals surface area contributed by atoms with Gasteiger partial charge in [0.25, 0.3) is 0 Å². The molecule has 1 rings (SSSR count). The van der Waals surface area contributed by atoms with E-state index >= 15 is 0 Å². The van der Waals surface area contributed by atoms with Gasteiger partial charge in [-0.2, -0.15) is 15.6 Å². The summed E-state index contributed by atoms with van der Waals surface area (Å²) in [5.41, 5.74) is 3.04. The number of anilines is 1. The molecule has 0 aliphatic heterocycles. The first-order valence-corrected chi connectivity index (χ1v) is 5.17. The van der Waals surface area contributed by atoms with Crippen molar-refractivity contribution in [2.45, 2.75) is 13.3 Å². The van der Waals surface area contributed by atoms with Crippen LogP contribution >= 0.6 is 0 Å². The van der Waals surface area contributed by atoms with Crippen molar-refractivity contribution >= 4 is 11.4 Å². The summed E-state index contributed by atoms with van der Waals surface area (Å²) < 4.78 is 5.49. The number of nitrogens with one attached hydrogen (secondary N) is 1. The fourth-order valence-electron chi connectivity index (χ4n) is 1.09. The predicted octanol–water partition coefficient (Wildman–Crippen LogP) is 2.29. The van der Waals surface area contributed by atoms with Gasteiger partial charge in [0.05, 0.1) is 12.3 Å². The Balaban J connectivity index is 2.81. The average Bonchev–Trinajstić information content (AvgIpc) is 2.38. The zero-order valence-corrected chi connectivity index (χ0v) is 9.47. The van der Waals surface area contributed by atoms with E-state index in [4.69, 9.17) is 15.3 Å². The molecule has 17 heavy (non-hydrogen) atoms. The van der Waals surface area contributed by atoms with Crippen LogP contribution in [-0.2, 0) is 0 Å². The zero-order valence-electron chi connectivity index (χ0n) is 9.47. The Morgan fingerprint density at radius 1 is 1.35 bits per heavy atom. The Labute approximate surface area is 99.9 Å². The zero-order chi connectivity index (χ0) is 12.5. The molecule has 0 aliphatic carbocycles. The van der Waals surface area contributed by atoms with Gasteiger partial charge >= 0.3 is 0 Å². The highest BCUT2D eigenvalue weighted by Crippen LogP contribution is 2.23. The van der Waals surface area contributed by atoms with Gasteiger partial charge in [-0.15, -0.1) is 0 Å². The van der Waals surface area contributed by atoms with Gasteiger partial charge in [0.15, 0.2) is 0 Å². The molecule has 0 fully saturated rings. The van der Waals surface area contributed by atoms with Crippen molar-refractivity contribution in [2.75, 3.05) is 12.0 Å². The van der Waals surface area contributed by atoms with Gasteiger partial charge in [-0.25, -0.2) is 0 Å². The molecule has 0 amide bonds. The number of rotatable bonds is 5. The summed E-state index contributed by atoms with van der Waals surface area (Å²) in [6, 6.07) is 10.6. The summed E-state index contributed by atoms with van der Waals surface area (Å²) in [5.74, 6) is 0.647. The quantitative estimate of drug-likeness (QED) is 0.619. The van der Waals surface area contributed by atoms with E-state index in [0.29, 0.717) is 18.0 Å². The maximum absolute atomic E-state index is 8.54. The van der Waals surface area contributed by atoms with Crippen LogP contribution in [0.1, 0.15) is 13.3 Å². The summed E-state index contributed by atoms with van der Waals surface area (Å²) in [4.78, 5) is 0. The van der Waals surface area contributed by atoms with Crippen molar-refractivity contribution in [1.82, 2.24) is 0 Å². The standard InChI is InChI=1S/C12H12N4O/c1-2-7-17-12-6-4-3-5-11(12)16-15-10(8-13)9-14/h3-6,16H,2,7H2,1H3. The van der Waals surface area contributed by atoms with E-state index in [1.54, 1.807) is 24.3 Å². The maximum Gasteiger partial charge on any atom is 0.237 e. The number of benzene rings is 1. The second kappa shape index (κ2) is 6.86. The van der Waals surface area contributed by atoms with Gasteiger partial charge in [-0.1, -0.05) is 19.1 Å². The molecule has 0 heterocycles. The Bertz CT molecular complexity index is 466. The van der Waals surface area contributed by atoms with Crippen molar-refractivity contribution in [2.24, 2.45) is 5.10 Å². The summed E-state index contributed by atoms with van der Waals surface area (Å²) in [6.07, 6.45) is 0.902. The third-order valence-electron chi connectivity index (χ3n) is 1.85. The number of hydrogen-bond donors (Lipinski definition) is 1. The summed E-state index contributed by atoms with van der Waals surface area (Å²) in [6.45, 7) is 2.61. The minimum atomic E-state index is -0.227. The third kappa shape index (κ3) is 3.84. The molecule has 0 spiro atoms. The van der Waals surface area contributed by atoms with E-state index < -0.39 is 0 Å². The van der Waals surface area contributed by atoms with E-state index in [1.807, 2.05) is 19.1 Å². The molecule has 1 aromatic carbocycles. The largest absolute Gasteiger partial charge is 0.491 e. The SMILES string of the molecule is CCCOc1ccccc1NN=C(C#N)C#N. The lowest BCUT2D eigenvalue weighted by Crippen LogP contribution is -2.01. The molecule has 86 valence electrons. The average molecular weight is 228 g/mol. The number of nitrogens with zero attached hydrogens (tertiary/aromatic N) is 3. The summed E-state index contributed by atoms with van der Waals surface area (Å²) >= 11 is 0. The summed E-state index contributed by atoms with van der Waals surface area (Å²) in [7, 11) is 0. The molecule has 0 unspecified atom stereocenters. The Hall–Kier alpha value is -2.53. The molecule has 0 atom stereocenters. The lowest BCUT2D eigenvalue weighted by Gasteiger charge is -2.09. The van der Waals surface area contributed by atoms with E-state index in [1.165, 1.54) is 0 Å². The number of nitriles is 2. The van der Waals surface area contributed by atoms with Gasteiger partial charge in [0, 0.05) is 0 Å². The van der Waals surface area contributed by atoms with Crippen molar-refractivity contribution in [3.8, 4) is 17.9 Å². The van der Waals surface area contributed by atoms with Crippen molar-refractivity contribution in [3.63, 3.8) is 0 Å². The van der Waals surface area contributed by atoms with Crippen molar-refractivity contribution in [1.29, 1.82) is 10.5 Å². The Kier molecular flexibility index (Phi) is 5.06. The van der Waals surface area contributed by atoms with Crippen molar-refractivity contribution < 1.29 is 4.74 Å². The second-order valence-corrected chi connectivity index (χ2v) is 3.14. The molecule has 0 saturated heterocycles. The third-order valence-corrected chi connectivity index (χ3v) is 1.85. The van der Waals surface area contributed by atoms with E-state index in [0.717, 1.165) is 6.42 Å². The van der Waals surface area contributed by atoms with Crippen LogP contribution in [0.2, 0.25) is 0 Å². The highest BCUT2D eigenvalue weighted by Gasteiger charge is 2.01. The van der Waals surface area contributed by atoms with Crippen LogP contribution in [0.5, 0.6) is 5.75 Å². The van der Waals surface area contributed by atoms with Crippen LogP contribution in [0, 0.1) is 22.7 Å². The normalized spacial score (nSPS) is 8.65. The fourth-order valence-corrected chi connectivity index (χ4v) is 1.09. The first-order valence-electron chi connectivity index (χ1n) is 5.17. The second-order valence-electron chi connectivity index (χ2n) is 3.14. The van der Waals surface area contributed by atoms with Gasteiger partial charge in [-0.3, -0.25) is 5.43 Å². The number of para-hydroxylation sites is 2. The van der Waals surface area contributed by atoms with Gasteiger partial charge < -0.3 is 4.74 Å². The molecule has 5 heteroatoms. The van der Waals surface area contributed by atoms with Gasteiger partial charge in [0.2, 0.25) is 5.71 Å². The maximum atomic E-state index is 8.54. The number of hydrogen-bond acceptors (Lipinski definition) is 5. The van der Waals surface area contributed by atoms with Crippen LogP contribution in [-0.4, -0.2) is 12.3 Å². The molecule has 0 aromatic heterocycles. The number of ether oxygens (including phenoxy) is 1. The molecule has 1 aromatic rings. The Morgan fingerprint density at radius 3 is 2.71 bits per heavy atom. The first kappa shape index (κ1) is 12.5. The molecule has 1 N–H and O–H groups in total. The van der Waals surface area contributed by atoms with Crippen LogP contribution in [0.4, 0.5) is 5.69 Å². The molecule has 0 aliphatic rings. The van der Waals surface area contributed by atoms with Crippen LogP contribution in [0.3, 0.4) is 0 Å². The molecule has 5 nitrogen and oxygen atoms in total. The highest BCUT2D eigenvalue weighted by molar-refractivity contribution is 6.10. The van der Waals surface area contributed by atoms with Crippen LogP contribution in [0.25, 0.3) is 0 Å². The first-order chi connectivity index (χ1) is 8.31. The Morgan fingerprint density at radius 2 is 2.06 bits per heavy atom. The molecular formula is C12H12N4O. The van der Waals surface area contributed by atoms with E-state index in [-0.39, 0.29) is 5.71 Å². The van der Waals surface area contributed by atoms with E-state index in [2.05, 4.69) is 10.5 Å². The fraction of sp³-hybridized carbons (Fsp3) is 0.250. The lowest BCUT2D eigenvalue weighted by molar-refractivity contribution is 0.319. The molecule has 0 saturated carbocycles. The lowest BCUT2D eigenvalue weighted by atomic mass is 10.3. The number of hydrazone groups is 1. The molecule has 0 radical (unpaired) electrons. The van der Waals surface area contributed by atoms with Gasteiger partial charge in [-0.05, 0) is 18.6 Å². The smallest absolute Gasteiger partial charge is 0.237 e. The summed E-state index contributed by atoms with van der Waals surface area (Å²) in [5, 5.41) is 20.7. The molecular weight excluding hydrogens is 216 g/mol. The molecule has 0 bridgehead atoms. The van der Waals surface area contributed by atoms with Crippen molar-refractivity contribution in [3.05, 3.63) is 24.3 Å². The topological polar surface area (TPSA) is 81.2 Å². The van der Waals surface area contributed by atoms with Crippen LogP contribution < -0.4 is 10.2 Å². The predicted molar refractivity (Wildman–Crippen MR) is 64.5 cm³/mol. The van der Waals surface area contributed by atoms with Crippen LogP contribution in [0.15, 0.2) is 29.4 Å². The van der Waals surface area contributed by atoms with Gasteiger partial charge in [0.1, 0.15) is 17.9 Å². The van der Waals surface area contributed by atoms with E-state index in [9.17, 15) is 0 Å². The highest BCUT2D eigenvalue weighted by atomic mass is 16.5. The monoisotopic (exact) mass is 228 g/mol. The minimum Gasteiger partial charge on any atom is -0.491 e. The minimum absolute atomic E-state index is 0.227.